The fourth-order valence-corrected chi connectivity index (χ4v) is 3.56. The first-order valence-electron chi connectivity index (χ1n) is 7.62. The lowest BCUT2D eigenvalue weighted by Gasteiger charge is -2.31. The summed E-state index contributed by atoms with van der Waals surface area (Å²) in [4.78, 5) is 29.4. The first kappa shape index (κ1) is 15.7. The number of piperidine rings is 1. The maximum atomic E-state index is 12.3. The predicted molar refractivity (Wildman–Crippen MR) is 88.0 cm³/mol. The predicted octanol–water partition coefficient (Wildman–Crippen LogP) is 2.74. The molecule has 1 aliphatic heterocycles. The fraction of sp³-hybridized carbons (Fsp3) is 0.353. The summed E-state index contributed by atoms with van der Waals surface area (Å²) in [6, 6.07) is 6.92. The molecule has 5 nitrogen and oxygen atoms in total. The van der Waals surface area contributed by atoms with Gasteiger partial charge in [-0.05, 0) is 25.0 Å². The van der Waals surface area contributed by atoms with Crippen molar-refractivity contribution < 1.29 is 14.3 Å². The van der Waals surface area contributed by atoms with Gasteiger partial charge in [0.05, 0.1) is 10.6 Å². The lowest BCUT2D eigenvalue weighted by molar-refractivity contribution is -0.134. The number of hydrogen-bond acceptors (Lipinski definition) is 5. The van der Waals surface area contributed by atoms with E-state index < -0.39 is 0 Å². The molecule has 1 saturated heterocycles. The fourth-order valence-electron chi connectivity index (χ4n) is 2.75. The molecule has 0 aliphatic carbocycles. The van der Waals surface area contributed by atoms with Crippen molar-refractivity contribution >= 4 is 23.5 Å². The van der Waals surface area contributed by atoms with Crippen LogP contribution in [0.25, 0.3) is 0 Å². The Morgan fingerprint density at radius 3 is 2.83 bits per heavy atom. The number of nitrogens with zero attached hydrogens (tertiary/aromatic N) is 2. The van der Waals surface area contributed by atoms with Gasteiger partial charge in [0, 0.05) is 30.6 Å². The Labute approximate surface area is 138 Å². The van der Waals surface area contributed by atoms with Gasteiger partial charge in [-0.25, -0.2) is 4.98 Å². The number of amides is 1. The molecule has 1 aliphatic rings. The van der Waals surface area contributed by atoms with Crippen LogP contribution in [0, 0.1) is 0 Å². The number of carbonyl (C=O) groups is 2. The van der Waals surface area contributed by atoms with Crippen LogP contribution in [-0.4, -0.2) is 41.8 Å². The van der Waals surface area contributed by atoms with E-state index >= 15 is 0 Å². The standard InChI is InChI=1S/C17H18N2O3S/c20-11-14-3-1-2-4-15(14)22-12-16(21)19-8-5-13(6-9-19)17-18-7-10-23-17/h1-4,7,10-11,13H,5-6,8-9,12H2. The Morgan fingerprint density at radius 1 is 1.35 bits per heavy atom. The van der Waals surface area contributed by atoms with E-state index in [1.165, 1.54) is 0 Å². The topological polar surface area (TPSA) is 59.5 Å². The number of benzene rings is 1. The monoisotopic (exact) mass is 330 g/mol. The number of rotatable bonds is 5. The molecule has 0 N–H and O–H groups in total. The number of aldehydes is 1. The third-order valence-electron chi connectivity index (χ3n) is 4.05. The first-order chi connectivity index (χ1) is 11.3. The Bertz CT molecular complexity index is 664. The summed E-state index contributed by atoms with van der Waals surface area (Å²) in [7, 11) is 0. The average molecular weight is 330 g/mol. The zero-order valence-electron chi connectivity index (χ0n) is 12.7. The summed E-state index contributed by atoms with van der Waals surface area (Å²) in [5.74, 6) is 0.868. The minimum atomic E-state index is -0.0386. The van der Waals surface area contributed by atoms with E-state index in [4.69, 9.17) is 4.74 Å². The Morgan fingerprint density at radius 2 is 2.13 bits per heavy atom. The highest BCUT2D eigenvalue weighted by atomic mass is 32.1. The summed E-state index contributed by atoms with van der Waals surface area (Å²) < 4.78 is 5.51. The van der Waals surface area contributed by atoms with Crippen molar-refractivity contribution in [1.82, 2.24) is 9.88 Å². The summed E-state index contributed by atoms with van der Waals surface area (Å²) in [6.45, 7) is 1.41. The quantitative estimate of drug-likeness (QED) is 0.791. The summed E-state index contributed by atoms with van der Waals surface area (Å²) in [5.41, 5.74) is 0.461. The van der Waals surface area contributed by atoms with E-state index in [1.807, 2.05) is 16.5 Å². The highest BCUT2D eigenvalue weighted by molar-refractivity contribution is 7.09. The minimum absolute atomic E-state index is 0.0349. The molecule has 0 atom stereocenters. The van der Waals surface area contributed by atoms with Crippen LogP contribution in [0.15, 0.2) is 35.8 Å². The van der Waals surface area contributed by atoms with Crippen molar-refractivity contribution in [2.24, 2.45) is 0 Å². The molecule has 6 heteroatoms. The Balaban J connectivity index is 1.51. The number of carbonyl (C=O) groups excluding carboxylic acids is 2. The SMILES string of the molecule is O=Cc1ccccc1OCC(=O)N1CCC(c2nccs2)CC1. The van der Waals surface area contributed by atoms with Gasteiger partial charge in [0.15, 0.2) is 12.9 Å². The lowest BCUT2D eigenvalue weighted by atomic mass is 9.97. The molecule has 0 radical (unpaired) electrons. The third-order valence-corrected chi connectivity index (χ3v) is 4.98. The van der Waals surface area contributed by atoms with Crippen LogP contribution in [0.3, 0.4) is 0 Å². The third kappa shape index (κ3) is 3.76. The van der Waals surface area contributed by atoms with Crippen molar-refractivity contribution in [3.05, 3.63) is 46.4 Å². The molecule has 3 rings (SSSR count). The number of para-hydroxylation sites is 1. The zero-order valence-corrected chi connectivity index (χ0v) is 13.5. The molecule has 2 heterocycles. The number of aromatic nitrogens is 1. The molecule has 120 valence electrons. The second-order valence-electron chi connectivity index (χ2n) is 5.47. The molecule has 1 aromatic heterocycles. The van der Waals surface area contributed by atoms with Crippen LogP contribution in [0.5, 0.6) is 5.75 Å². The van der Waals surface area contributed by atoms with E-state index in [9.17, 15) is 9.59 Å². The Hall–Kier alpha value is -2.21. The number of ether oxygens (including phenoxy) is 1. The van der Waals surface area contributed by atoms with E-state index in [0.717, 1.165) is 37.2 Å². The van der Waals surface area contributed by atoms with E-state index in [2.05, 4.69) is 4.98 Å². The largest absolute Gasteiger partial charge is 0.483 e. The summed E-state index contributed by atoms with van der Waals surface area (Å²) in [6.07, 6.45) is 4.43. The van der Waals surface area contributed by atoms with E-state index in [0.29, 0.717) is 17.2 Å². The van der Waals surface area contributed by atoms with Crippen LogP contribution >= 0.6 is 11.3 Å². The van der Waals surface area contributed by atoms with Gasteiger partial charge in [-0.1, -0.05) is 12.1 Å². The summed E-state index contributed by atoms with van der Waals surface area (Å²) >= 11 is 1.68. The van der Waals surface area contributed by atoms with Gasteiger partial charge >= 0.3 is 0 Å². The van der Waals surface area contributed by atoms with Crippen LogP contribution in [0.4, 0.5) is 0 Å². The average Bonchev–Trinajstić information content (AvgIpc) is 3.14. The van der Waals surface area contributed by atoms with Gasteiger partial charge in [0.25, 0.3) is 5.91 Å². The van der Waals surface area contributed by atoms with Crippen molar-refractivity contribution in [3.8, 4) is 5.75 Å². The van der Waals surface area contributed by atoms with Crippen LogP contribution in [-0.2, 0) is 4.79 Å². The van der Waals surface area contributed by atoms with Gasteiger partial charge in [-0.15, -0.1) is 11.3 Å². The smallest absolute Gasteiger partial charge is 0.260 e. The molecule has 2 aromatic rings. The molecular formula is C17H18N2O3S. The maximum absolute atomic E-state index is 12.3. The van der Waals surface area contributed by atoms with Gasteiger partial charge in [-0.2, -0.15) is 0 Å². The van der Waals surface area contributed by atoms with E-state index in [-0.39, 0.29) is 12.5 Å². The molecule has 23 heavy (non-hydrogen) atoms. The maximum Gasteiger partial charge on any atom is 0.260 e. The molecule has 1 aromatic carbocycles. The molecule has 0 spiro atoms. The van der Waals surface area contributed by atoms with Crippen LogP contribution < -0.4 is 4.74 Å². The normalized spacial score (nSPS) is 15.4. The van der Waals surface area contributed by atoms with E-state index in [1.54, 1.807) is 35.6 Å². The van der Waals surface area contributed by atoms with Crippen LogP contribution in [0.2, 0.25) is 0 Å². The first-order valence-corrected chi connectivity index (χ1v) is 8.50. The molecule has 1 fully saturated rings. The molecular weight excluding hydrogens is 312 g/mol. The number of thiazole rings is 1. The highest BCUT2D eigenvalue weighted by Crippen LogP contribution is 2.29. The Kier molecular flexibility index (Phi) is 5.02. The minimum Gasteiger partial charge on any atom is -0.483 e. The van der Waals surface area contributed by atoms with Gasteiger partial charge in [0.2, 0.25) is 0 Å². The van der Waals surface area contributed by atoms with Gasteiger partial charge < -0.3 is 9.64 Å². The zero-order chi connectivity index (χ0) is 16.1. The lowest BCUT2D eigenvalue weighted by Crippen LogP contribution is -2.40. The van der Waals surface area contributed by atoms with Crippen molar-refractivity contribution in [2.45, 2.75) is 18.8 Å². The van der Waals surface area contributed by atoms with Crippen LogP contribution in [0.1, 0.15) is 34.1 Å². The number of likely N-dealkylation sites (tertiary alicyclic amines) is 1. The molecule has 0 bridgehead atoms. The number of hydrogen-bond donors (Lipinski definition) is 0. The van der Waals surface area contributed by atoms with Crippen molar-refractivity contribution in [2.75, 3.05) is 19.7 Å². The molecule has 0 saturated carbocycles. The highest BCUT2D eigenvalue weighted by Gasteiger charge is 2.25. The second-order valence-corrected chi connectivity index (χ2v) is 6.40. The van der Waals surface area contributed by atoms with Gasteiger partial charge in [0.1, 0.15) is 5.75 Å². The summed E-state index contributed by atoms with van der Waals surface area (Å²) in [5, 5.41) is 3.15. The van der Waals surface area contributed by atoms with Crippen molar-refractivity contribution in [3.63, 3.8) is 0 Å². The van der Waals surface area contributed by atoms with Crippen molar-refractivity contribution in [1.29, 1.82) is 0 Å². The second kappa shape index (κ2) is 7.37. The molecule has 1 amide bonds. The van der Waals surface area contributed by atoms with Gasteiger partial charge in [-0.3, -0.25) is 9.59 Å². The molecule has 0 unspecified atom stereocenters.